The number of hydrogen-bond acceptors (Lipinski definition) is 4. The molecular formula is C6H8N4O. The van der Waals surface area contributed by atoms with Crippen LogP contribution in [0, 0.1) is 6.92 Å². The van der Waals surface area contributed by atoms with Crippen LogP contribution >= 0.6 is 0 Å². The third kappa shape index (κ3) is 1.64. The van der Waals surface area contributed by atoms with Crippen LogP contribution < -0.4 is 5.73 Å². The number of oxime groups is 1. The number of nitrogens with two attached hydrogens (primary N) is 1. The van der Waals surface area contributed by atoms with Crippen molar-refractivity contribution in [3.8, 4) is 0 Å². The number of hydrogen-bond donors (Lipinski definition) is 2. The van der Waals surface area contributed by atoms with Gasteiger partial charge in [-0.2, -0.15) is 0 Å². The molecule has 0 radical (unpaired) electrons. The minimum Gasteiger partial charge on any atom is -0.409 e. The zero-order chi connectivity index (χ0) is 8.27. The maximum Gasteiger partial charge on any atom is 0.173 e. The van der Waals surface area contributed by atoms with Crippen molar-refractivity contribution in [2.45, 2.75) is 6.92 Å². The Bertz CT molecular complexity index is 266. The average molecular weight is 152 g/mol. The van der Waals surface area contributed by atoms with E-state index in [0.717, 1.165) is 0 Å². The maximum absolute atomic E-state index is 8.26. The van der Waals surface area contributed by atoms with E-state index in [2.05, 4.69) is 15.1 Å². The van der Waals surface area contributed by atoms with Crippen molar-refractivity contribution in [1.82, 2.24) is 9.97 Å². The molecule has 1 aromatic heterocycles. The molecule has 0 fully saturated rings. The van der Waals surface area contributed by atoms with Crippen LogP contribution in [0.15, 0.2) is 17.5 Å². The van der Waals surface area contributed by atoms with Crippen LogP contribution in [-0.2, 0) is 0 Å². The molecule has 0 aliphatic rings. The molecule has 11 heavy (non-hydrogen) atoms. The topological polar surface area (TPSA) is 84.4 Å². The predicted molar refractivity (Wildman–Crippen MR) is 39.3 cm³/mol. The molecule has 0 aliphatic carbocycles. The summed E-state index contributed by atoms with van der Waals surface area (Å²) >= 11 is 0. The van der Waals surface area contributed by atoms with Crippen molar-refractivity contribution in [2.75, 3.05) is 0 Å². The summed E-state index contributed by atoms with van der Waals surface area (Å²) in [6, 6.07) is 0. The highest BCUT2D eigenvalue weighted by molar-refractivity contribution is 5.96. The van der Waals surface area contributed by atoms with Crippen molar-refractivity contribution in [3.05, 3.63) is 23.8 Å². The molecule has 1 aromatic rings. The van der Waals surface area contributed by atoms with Gasteiger partial charge in [-0.05, 0) is 6.92 Å². The zero-order valence-electron chi connectivity index (χ0n) is 6.02. The van der Waals surface area contributed by atoms with Crippen LogP contribution in [0.25, 0.3) is 0 Å². The minimum atomic E-state index is 0.0185. The van der Waals surface area contributed by atoms with Gasteiger partial charge in [0.05, 0.1) is 5.56 Å². The molecule has 0 aliphatic heterocycles. The molecule has 58 valence electrons. The quantitative estimate of drug-likeness (QED) is 0.254. The van der Waals surface area contributed by atoms with Crippen LogP contribution in [0.5, 0.6) is 0 Å². The number of aromatic nitrogens is 2. The van der Waals surface area contributed by atoms with E-state index in [-0.39, 0.29) is 5.84 Å². The van der Waals surface area contributed by atoms with Gasteiger partial charge < -0.3 is 10.9 Å². The minimum absolute atomic E-state index is 0.0185. The Morgan fingerprint density at radius 2 is 2.09 bits per heavy atom. The van der Waals surface area contributed by atoms with Crippen molar-refractivity contribution < 1.29 is 5.21 Å². The van der Waals surface area contributed by atoms with E-state index in [1.807, 2.05) is 0 Å². The molecule has 5 heteroatoms. The van der Waals surface area contributed by atoms with Gasteiger partial charge in [0, 0.05) is 12.4 Å². The Balaban J connectivity index is 2.99. The molecule has 0 atom stereocenters. The maximum atomic E-state index is 8.26. The Morgan fingerprint density at radius 1 is 1.55 bits per heavy atom. The van der Waals surface area contributed by atoms with Gasteiger partial charge >= 0.3 is 0 Å². The van der Waals surface area contributed by atoms with Gasteiger partial charge in [0.2, 0.25) is 0 Å². The highest BCUT2D eigenvalue weighted by Gasteiger charge is 1.97. The zero-order valence-corrected chi connectivity index (χ0v) is 6.02. The lowest BCUT2D eigenvalue weighted by molar-refractivity contribution is 0.318. The van der Waals surface area contributed by atoms with Gasteiger partial charge in [-0.25, -0.2) is 9.97 Å². The first-order chi connectivity index (χ1) is 5.24. The summed E-state index contributed by atoms with van der Waals surface area (Å²) in [5.74, 6) is 0.671. The SMILES string of the molecule is Cc1ncc(C(N)=NO)cn1. The summed E-state index contributed by atoms with van der Waals surface area (Å²) in [6.45, 7) is 1.76. The lowest BCUT2D eigenvalue weighted by atomic mass is 10.3. The Labute approximate surface area is 63.6 Å². The van der Waals surface area contributed by atoms with E-state index in [1.54, 1.807) is 6.92 Å². The summed E-state index contributed by atoms with van der Waals surface area (Å²) in [7, 11) is 0. The van der Waals surface area contributed by atoms with Crippen LogP contribution in [-0.4, -0.2) is 21.0 Å². The van der Waals surface area contributed by atoms with Crippen molar-refractivity contribution in [1.29, 1.82) is 0 Å². The standard InChI is InChI=1S/C6H8N4O/c1-4-8-2-5(3-9-4)6(7)10-11/h2-3,11H,1H3,(H2,7,10). The Kier molecular flexibility index (Phi) is 2.00. The Hall–Kier alpha value is -1.65. The molecule has 0 spiro atoms. The molecular weight excluding hydrogens is 144 g/mol. The first kappa shape index (κ1) is 7.46. The smallest absolute Gasteiger partial charge is 0.173 e. The van der Waals surface area contributed by atoms with E-state index < -0.39 is 0 Å². The third-order valence-electron chi connectivity index (χ3n) is 1.18. The van der Waals surface area contributed by atoms with Gasteiger partial charge in [0.1, 0.15) is 5.82 Å². The van der Waals surface area contributed by atoms with Crippen molar-refractivity contribution in [2.24, 2.45) is 10.9 Å². The van der Waals surface area contributed by atoms with E-state index in [1.165, 1.54) is 12.4 Å². The summed E-state index contributed by atoms with van der Waals surface area (Å²) in [5.41, 5.74) is 5.78. The fourth-order valence-electron chi connectivity index (χ4n) is 0.583. The molecule has 0 bridgehead atoms. The first-order valence-electron chi connectivity index (χ1n) is 3.00. The fraction of sp³-hybridized carbons (Fsp3) is 0.167. The normalized spacial score (nSPS) is 11.5. The van der Waals surface area contributed by atoms with Crippen LogP contribution in [0.2, 0.25) is 0 Å². The van der Waals surface area contributed by atoms with Crippen LogP contribution in [0.1, 0.15) is 11.4 Å². The second-order valence-corrected chi connectivity index (χ2v) is 2.00. The van der Waals surface area contributed by atoms with Gasteiger partial charge in [0.25, 0.3) is 0 Å². The molecule has 0 saturated carbocycles. The number of nitrogens with zero attached hydrogens (tertiary/aromatic N) is 3. The van der Waals surface area contributed by atoms with Crippen LogP contribution in [0.4, 0.5) is 0 Å². The van der Waals surface area contributed by atoms with Crippen LogP contribution in [0.3, 0.4) is 0 Å². The summed E-state index contributed by atoms with van der Waals surface area (Å²) in [5, 5.41) is 11.1. The molecule has 0 aromatic carbocycles. The number of aryl methyl sites for hydroxylation is 1. The molecule has 3 N–H and O–H groups in total. The van der Waals surface area contributed by atoms with Gasteiger partial charge in [-0.1, -0.05) is 5.16 Å². The molecule has 0 saturated heterocycles. The highest BCUT2D eigenvalue weighted by Crippen LogP contribution is 1.93. The lowest BCUT2D eigenvalue weighted by Crippen LogP contribution is -2.13. The second-order valence-electron chi connectivity index (χ2n) is 2.00. The number of rotatable bonds is 1. The van der Waals surface area contributed by atoms with E-state index in [4.69, 9.17) is 10.9 Å². The largest absolute Gasteiger partial charge is 0.409 e. The van der Waals surface area contributed by atoms with Gasteiger partial charge in [-0.3, -0.25) is 0 Å². The monoisotopic (exact) mass is 152 g/mol. The molecule has 1 heterocycles. The second kappa shape index (κ2) is 2.96. The molecule has 5 nitrogen and oxygen atoms in total. The number of amidine groups is 1. The summed E-state index contributed by atoms with van der Waals surface area (Å²) in [4.78, 5) is 7.73. The molecule has 1 rings (SSSR count). The molecule has 0 amide bonds. The first-order valence-corrected chi connectivity index (χ1v) is 3.00. The predicted octanol–water partition coefficient (Wildman–Crippen LogP) is -0.120. The van der Waals surface area contributed by atoms with Gasteiger partial charge in [0.15, 0.2) is 5.84 Å². The lowest BCUT2D eigenvalue weighted by Gasteiger charge is -1.95. The van der Waals surface area contributed by atoms with E-state index in [9.17, 15) is 0 Å². The Morgan fingerprint density at radius 3 is 2.55 bits per heavy atom. The molecule has 0 unspecified atom stereocenters. The average Bonchev–Trinajstić information content (AvgIpc) is 2.05. The van der Waals surface area contributed by atoms with Gasteiger partial charge in [-0.15, -0.1) is 0 Å². The summed E-state index contributed by atoms with van der Waals surface area (Å²) < 4.78 is 0. The van der Waals surface area contributed by atoms with E-state index >= 15 is 0 Å². The summed E-state index contributed by atoms with van der Waals surface area (Å²) in [6.07, 6.45) is 2.99. The van der Waals surface area contributed by atoms with Crippen molar-refractivity contribution >= 4 is 5.84 Å². The van der Waals surface area contributed by atoms with E-state index in [0.29, 0.717) is 11.4 Å². The fourth-order valence-corrected chi connectivity index (χ4v) is 0.583. The third-order valence-corrected chi connectivity index (χ3v) is 1.18. The highest BCUT2D eigenvalue weighted by atomic mass is 16.4. The van der Waals surface area contributed by atoms with Crippen molar-refractivity contribution in [3.63, 3.8) is 0 Å².